The van der Waals surface area contributed by atoms with Crippen LogP contribution in [0.15, 0.2) is 72.9 Å². The number of imidazole rings is 1. The molecular formula is C30H29ClN6O2. The predicted octanol–water partition coefficient (Wildman–Crippen LogP) is 6.53. The first-order valence-electron chi connectivity index (χ1n) is 13.1. The first-order valence-corrected chi connectivity index (χ1v) is 13.5. The van der Waals surface area contributed by atoms with Crippen molar-refractivity contribution in [1.82, 2.24) is 19.5 Å². The molecule has 0 radical (unpaired) electrons. The van der Waals surface area contributed by atoms with Gasteiger partial charge in [0, 0.05) is 17.9 Å². The maximum Gasteiger partial charge on any atom is 0.259 e. The zero-order valence-electron chi connectivity index (χ0n) is 21.7. The topological polar surface area (TPSA) is 83.8 Å². The van der Waals surface area contributed by atoms with Crippen molar-refractivity contribution in [1.29, 1.82) is 0 Å². The van der Waals surface area contributed by atoms with Crippen LogP contribution in [0.5, 0.6) is 5.75 Å². The Bertz CT molecular complexity index is 1640. The molecule has 6 rings (SSSR count). The van der Waals surface area contributed by atoms with Crippen LogP contribution in [-0.4, -0.2) is 45.6 Å². The number of amides is 1. The van der Waals surface area contributed by atoms with Crippen LogP contribution in [0, 0.1) is 0 Å². The van der Waals surface area contributed by atoms with Gasteiger partial charge in [-0.15, -0.1) is 0 Å². The van der Waals surface area contributed by atoms with Gasteiger partial charge in [0.1, 0.15) is 10.9 Å². The Morgan fingerprint density at radius 2 is 1.74 bits per heavy atom. The van der Waals surface area contributed by atoms with Crippen molar-refractivity contribution >= 4 is 51.1 Å². The molecule has 1 saturated heterocycles. The van der Waals surface area contributed by atoms with Gasteiger partial charge in [0.25, 0.3) is 5.91 Å². The number of fused-ring (bicyclic) bond motifs is 2. The minimum Gasteiger partial charge on any atom is -0.496 e. The summed E-state index contributed by atoms with van der Waals surface area (Å²) < 4.78 is 7.23. The van der Waals surface area contributed by atoms with Gasteiger partial charge in [-0.05, 0) is 90.8 Å². The molecule has 1 amide bonds. The smallest absolute Gasteiger partial charge is 0.259 e. The number of hydrogen-bond acceptors (Lipinski definition) is 6. The number of hydrogen-bond donors (Lipinski definition) is 2. The summed E-state index contributed by atoms with van der Waals surface area (Å²) in [6.45, 7) is 3.25. The summed E-state index contributed by atoms with van der Waals surface area (Å²) >= 11 is 6.07. The highest BCUT2D eigenvalue weighted by atomic mass is 35.5. The summed E-state index contributed by atoms with van der Waals surface area (Å²) in [6.07, 6.45) is 5.57. The molecule has 0 aliphatic carbocycles. The Morgan fingerprint density at radius 1 is 0.949 bits per heavy atom. The van der Waals surface area contributed by atoms with E-state index in [1.54, 1.807) is 30.0 Å². The van der Waals surface area contributed by atoms with Crippen molar-refractivity contribution in [3.63, 3.8) is 0 Å². The molecule has 5 aromatic rings. The van der Waals surface area contributed by atoms with Gasteiger partial charge in [0.05, 0.1) is 18.9 Å². The lowest BCUT2D eigenvalue weighted by Crippen LogP contribution is -2.29. The largest absolute Gasteiger partial charge is 0.496 e. The molecule has 0 saturated carbocycles. The van der Waals surface area contributed by atoms with Gasteiger partial charge in [-0.1, -0.05) is 36.2 Å². The SMILES string of the molecule is COc1cc2ccc(Nc3cnc4ccc(Cl)nn34)cc2cc1C(=O)Nc1ccc(CN2CCCCC2)cc1. The van der Waals surface area contributed by atoms with E-state index in [1.807, 2.05) is 42.5 Å². The highest BCUT2D eigenvalue weighted by Crippen LogP contribution is 2.30. The number of piperidine rings is 1. The molecule has 0 unspecified atom stereocenters. The molecular weight excluding hydrogens is 512 g/mol. The Kier molecular flexibility index (Phi) is 7.04. The number of nitrogens with one attached hydrogen (secondary N) is 2. The van der Waals surface area contributed by atoms with Crippen molar-refractivity contribution < 1.29 is 9.53 Å². The number of ether oxygens (including phenoxy) is 1. The highest BCUT2D eigenvalue weighted by molar-refractivity contribution is 6.29. The predicted molar refractivity (Wildman–Crippen MR) is 155 cm³/mol. The first kappa shape index (κ1) is 25.2. The van der Waals surface area contributed by atoms with E-state index < -0.39 is 0 Å². The molecule has 9 heteroatoms. The summed E-state index contributed by atoms with van der Waals surface area (Å²) in [5.74, 6) is 0.974. The van der Waals surface area contributed by atoms with Gasteiger partial charge in [0.2, 0.25) is 0 Å². The van der Waals surface area contributed by atoms with Crippen molar-refractivity contribution in [3.05, 3.63) is 89.2 Å². The van der Waals surface area contributed by atoms with Gasteiger partial charge < -0.3 is 15.4 Å². The Balaban J connectivity index is 1.21. The van der Waals surface area contributed by atoms with E-state index >= 15 is 0 Å². The van der Waals surface area contributed by atoms with Crippen LogP contribution in [0.2, 0.25) is 5.15 Å². The minimum absolute atomic E-state index is 0.225. The molecule has 3 aromatic carbocycles. The second-order valence-electron chi connectivity index (χ2n) is 9.80. The highest BCUT2D eigenvalue weighted by Gasteiger charge is 2.16. The Labute approximate surface area is 231 Å². The van der Waals surface area contributed by atoms with E-state index in [-0.39, 0.29) is 5.91 Å². The zero-order chi connectivity index (χ0) is 26.8. The summed E-state index contributed by atoms with van der Waals surface area (Å²) in [7, 11) is 1.58. The van der Waals surface area contributed by atoms with Crippen molar-refractivity contribution in [2.75, 3.05) is 30.8 Å². The average molecular weight is 541 g/mol. The fourth-order valence-corrected chi connectivity index (χ4v) is 5.19. The molecule has 3 heterocycles. The first-order chi connectivity index (χ1) is 19.1. The van der Waals surface area contributed by atoms with Crippen LogP contribution in [-0.2, 0) is 6.54 Å². The summed E-state index contributed by atoms with van der Waals surface area (Å²) in [5.41, 5.74) is 3.97. The number of halogens is 1. The number of rotatable bonds is 7. The van der Waals surface area contributed by atoms with Gasteiger partial charge in [-0.3, -0.25) is 9.69 Å². The third kappa shape index (κ3) is 5.53. The number of aromatic nitrogens is 3. The van der Waals surface area contributed by atoms with E-state index in [0.29, 0.717) is 27.9 Å². The fourth-order valence-electron chi connectivity index (χ4n) is 5.05. The fraction of sp³-hybridized carbons (Fsp3) is 0.233. The molecule has 1 aliphatic heterocycles. The second kappa shape index (κ2) is 10.9. The lowest BCUT2D eigenvalue weighted by molar-refractivity contribution is 0.102. The van der Waals surface area contributed by atoms with Crippen LogP contribution < -0.4 is 15.4 Å². The Morgan fingerprint density at radius 3 is 2.54 bits per heavy atom. The molecule has 0 bridgehead atoms. The lowest BCUT2D eigenvalue weighted by Gasteiger charge is -2.26. The van der Waals surface area contributed by atoms with E-state index in [4.69, 9.17) is 16.3 Å². The molecule has 1 fully saturated rings. The van der Waals surface area contributed by atoms with Crippen molar-refractivity contribution in [3.8, 4) is 5.75 Å². The molecule has 198 valence electrons. The van der Waals surface area contributed by atoms with E-state index in [9.17, 15) is 4.79 Å². The normalized spacial score (nSPS) is 14.0. The lowest BCUT2D eigenvalue weighted by atomic mass is 10.0. The molecule has 2 aromatic heterocycles. The van der Waals surface area contributed by atoms with Crippen LogP contribution in [0.1, 0.15) is 35.2 Å². The second-order valence-corrected chi connectivity index (χ2v) is 10.2. The Hall–Kier alpha value is -4.14. The number of carbonyl (C=O) groups excluding carboxylic acids is 1. The number of likely N-dealkylation sites (tertiary alicyclic amines) is 1. The maximum atomic E-state index is 13.3. The standard InChI is InChI=1S/C30H29ClN6O2/c1-39-26-17-21-7-10-24(33-29-18-32-28-12-11-27(31)35-37(28)29)15-22(21)16-25(26)30(38)34-23-8-5-20(6-9-23)19-36-13-3-2-4-14-36/h5-12,15-18,33H,2-4,13-14,19H2,1H3,(H,34,38). The van der Waals surface area contributed by atoms with Crippen LogP contribution >= 0.6 is 11.6 Å². The van der Waals surface area contributed by atoms with Gasteiger partial charge in [-0.25, -0.2) is 4.98 Å². The van der Waals surface area contributed by atoms with Crippen molar-refractivity contribution in [2.24, 2.45) is 0 Å². The molecule has 8 nitrogen and oxygen atoms in total. The number of carbonyl (C=O) groups is 1. The molecule has 39 heavy (non-hydrogen) atoms. The maximum absolute atomic E-state index is 13.3. The van der Waals surface area contributed by atoms with E-state index in [0.717, 1.165) is 41.8 Å². The molecule has 1 aliphatic rings. The molecule has 0 spiro atoms. The van der Waals surface area contributed by atoms with Gasteiger partial charge in [-0.2, -0.15) is 9.61 Å². The van der Waals surface area contributed by atoms with Gasteiger partial charge in [0.15, 0.2) is 11.5 Å². The third-order valence-electron chi connectivity index (χ3n) is 7.07. The quantitative estimate of drug-likeness (QED) is 0.244. The summed E-state index contributed by atoms with van der Waals surface area (Å²) in [4.78, 5) is 20.2. The number of nitrogens with zero attached hydrogens (tertiary/aromatic N) is 4. The summed E-state index contributed by atoms with van der Waals surface area (Å²) in [6, 6.07) is 21.2. The minimum atomic E-state index is -0.225. The molecule has 2 N–H and O–H groups in total. The van der Waals surface area contributed by atoms with Crippen LogP contribution in [0.4, 0.5) is 17.2 Å². The van der Waals surface area contributed by atoms with E-state index in [1.165, 1.54) is 24.8 Å². The third-order valence-corrected chi connectivity index (χ3v) is 7.27. The van der Waals surface area contributed by atoms with E-state index in [2.05, 4.69) is 37.7 Å². The summed E-state index contributed by atoms with van der Waals surface area (Å²) in [5, 5.41) is 12.9. The van der Waals surface area contributed by atoms with Crippen molar-refractivity contribution in [2.45, 2.75) is 25.8 Å². The zero-order valence-corrected chi connectivity index (χ0v) is 22.4. The van der Waals surface area contributed by atoms with Gasteiger partial charge >= 0.3 is 0 Å². The number of anilines is 3. The van der Waals surface area contributed by atoms with Crippen LogP contribution in [0.3, 0.4) is 0 Å². The van der Waals surface area contributed by atoms with Crippen LogP contribution in [0.25, 0.3) is 16.4 Å². The molecule has 0 atom stereocenters. The monoisotopic (exact) mass is 540 g/mol. The number of methoxy groups -OCH3 is 1. The number of benzene rings is 3. The average Bonchev–Trinajstić information content (AvgIpc) is 3.35.